The lowest BCUT2D eigenvalue weighted by Crippen LogP contribution is -2.51. The zero-order valence-corrected chi connectivity index (χ0v) is 12.4. The predicted octanol–water partition coefficient (Wildman–Crippen LogP) is 1.65. The molecule has 0 radical (unpaired) electrons. The van der Waals surface area contributed by atoms with Crippen LogP contribution in [0.2, 0.25) is 0 Å². The van der Waals surface area contributed by atoms with Crippen molar-refractivity contribution < 1.29 is 9.53 Å². The number of hydrogen-bond donors (Lipinski definition) is 2. The average Bonchev–Trinajstić information content (AvgIpc) is 2.36. The van der Waals surface area contributed by atoms with Crippen molar-refractivity contribution in [1.82, 2.24) is 10.3 Å². The van der Waals surface area contributed by atoms with Crippen molar-refractivity contribution >= 4 is 18.3 Å². The molecule has 0 aliphatic rings. The molecule has 19 heavy (non-hydrogen) atoms. The molecule has 0 spiro atoms. The third-order valence-electron chi connectivity index (χ3n) is 2.75. The van der Waals surface area contributed by atoms with Crippen LogP contribution in [-0.4, -0.2) is 23.5 Å². The number of hydrogen-bond acceptors (Lipinski definition) is 4. The number of aromatic nitrogens is 1. The maximum Gasteiger partial charge on any atom is 0.240 e. The summed E-state index contributed by atoms with van der Waals surface area (Å²) in [4.78, 5) is 15.9. The summed E-state index contributed by atoms with van der Waals surface area (Å²) in [6.07, 6.45) is 3.22. The number of ether oxygens (including phenoxy) is 1. The Labute approximate surface area is 120 Å². The molecule has 6 heteroatoms. The number of rotatable bonds is 6. The van der Waals surface area contributed by atoms with Gasteiger partial charge in [-0.25, -0.2) is 4.98 Å². The predicted molar refractivity (Wildman–Crippen MR) is 77.4 cm³/mol. The fourth-order valence-electron chi connectivity index (χ4n) is 1.65. The highest BCUT2D eigenvalue weighted by Gasteiger charge is 2.26. The molecule has 108 valence electrons. The number of methoxy groups -OCH3 is 1. The number of nitrogens with two attached hydrogens (primary N) is 1. The van der Waals surface area contributed by atoms with Gasteiger partial charge in [-0.05, 0) is 18.9 Å². The normalized spacial score (nSPS) is 13.1. The zero-order valence-electron chi connectivity index (χ0n) is 11.6. The second-order valence-corrected chi connectivity index (χ2v) is 4.56. The minimum absolute atomic E-state index is 0. The molecule has 0 saturated carbocycles. The maximum absolute atomic E-state index is 11.9. The SMILES string of the molecule is CCCC(C)(N)C(=O)NCc1ccc(OC)nc1.Cl. The van der Waals surface area contributed by atoms with Crippen molar-refractivity contribution in [2.24, 2.45) is 5.73 Å². The van der Waals surface area contributed by atoms with E-state index in [2.05, 4.69) is 10.3 Å². The van der Waals surface area contributed by atoms with E-state index in [-0.39, 0.29) is 18.3 Å². The Bertz CT molecular complexity index is 393. The Balaban J connectivity index is 0.00000324. The van der Waals surface area contributed by atoms with E-state index in [4.69, 9.17) is 10.5 Å². The van der Waals surface area contributed by atoms with Gasteiger partial charge in [0, 0.05) is 18.8 Å². The third-order valence-corrected chi connectivity index (χ3v) is 2.75. The molecule has 0 aliphatic carbocycles. The largest absolute Gasteiger partial charge is 0.481 e. The highest BCUT2D eigenvalue weighted by Crippen LogP contribution is 2.10. The van der Waals surface area contributed by atoms with Crippen molar-refractivity contribution in [3.63, 3.8) is 0 Å². The average molecular weight is 288 g/mol. The quantitative estimate of drug-likeness (QED) is 0.834. The Morgan fingerprint density at radius 2 is 2.21 bits per heavy atom. The van der Waals surface area contributed by atoms with Crippen LogP contribution in [0.3, 0.4) is 0 Å². The lowest BCUT2D eigenvalue weighted by Gasteiger charge is -2.22. The van der Waals surface area contributed by atoms with Gasteiger partial charge in [0.1, 0.15) is 0 Å². The molecule has 1 aromatic rings. The number of amides is 1. The summed E-state index contributed by atoms with van der Waals surface area (Å²) in [5, 5.41) is 2.82. The molecule has 0 aromatic carbocycles. The highest BCUT2D eigenvalue weighted by atomic mass is 35.5. The van der Waals surface area contributed by atoms with Crippen molar-refractivity contribution in [3.8, 4) is 5.88 Å². The molecule has 1 amide bonds. The highest BCUT2D eigenvalue weighted by molar-refractivity contribution is 5.85. The van der Waals surface area contributed by atoms with E-state index in [9.17, 15) is 4.79 Å². The standard InChI is InChI=1S/C13H21N3O2.ClH/c1-4-7-13(2,14)12(17)16-9-10-5-6-11(18-3)15-8-10;/h5-6,8H,4,7,9,14H2,1-3H3,(H,16,17);1H. The molecule has 1 atom stereocenters. The summed E-state index contributed by atoms with van der Waals surface area (Å²) < 4.78 is 4.96. The first-order valence-electron chi connectivity index (χ1n) is 6.05. The van der Waals surface area contributed by atoms with Gasteiger partial charge < -0.3 is 15.8 Å². The molecule has 1 unspecified atom stereocenters. The van der Waals surface area contributed by atoms with Gasteiger partial charge in [0.05, 0.1) is 12.6 Å². The first-order chi connectivity index (χ1) is 8.49. The molecule has 0 aliphatic heterocycles. The number of carbonyl (C=O) groups excluding carboxylic acids is 1. The summed E-state index contributed by atoms with van der Waals surface area (Å²) in [6, 6.07) is 3.62. The van der Waals surface area contributed by atoms with E-state index < -0.39 is 5.54 Å². The van der Waals surface area contributed by atoms with Crippen LogP contribution in [0.4, 0.5) is 0 Å². The van der Waals surface area contributed by atoms with Gasteiger partial charge in [-0.15, -0.1) is 12.4 Å². The topological polar surface area (TPSA) is 77.2 Å². The van der Waals surface area contributed by atoms with E-state index >= 15 is 0 Å². The Hall–Kier alpha value is -1.33. The first kappa shape index (κ1) is 17.7. The minimum atomic E-state index is -0.811. The van der Waals surface area contributed by atoms with E-state index in [1.165, 1.54) is 0 Å². The Morgan fingerprint density at radius 1 is 1.53 bits per heavy atom. The zero-order chi connectivity index (χ0) is 13.6. The van der Waals surface area contributed by atoms with Crippen LogP contribution in [0.1, 0.15) is 32.3 Å². The molecular weight excluding hydrogens is 266 g/mol. The molecule has 1 aromatic heterocycles. The van der Waals surface area contributed by atoms with E-state index in [1.54, 1.807) is 26.3 Å². The van der Waals surface area contributed by atoms with Crippen LogP contribution < -0.4 is 15.8 Å². The van der Waals surface area contributed by atoms with Crippen LogP contribution in [0.5, 0.6) is 5.88 Å². The lowest BCUT2D eigenvalue weighted by atomic mass is 9.96. The van der Waals surface area contributed by atoms with Crippen LogP contribution >= 0.6 is 12.4 Å². The summed E-state index contributed by atoms with van der Waals surface area (Å²) in [5.41, 5.74) is 6.04. The second-order valence-electron chi connectivity index (χ2n) is 4.56. The summed E-state index contributed by atoms with van der Waals surface area (Å²) in [5.74, 6) is 0.417. The van der Waals surface area contributed by atoms with Crippen molar-refractivity contribution in [2.75, 3.05) is 7.11 Å². The number of pyridine rings is 1. The number of nitrogens with one attached hydrogen (secondary N) is 1. The molecule has 0 bridgehead atoms. The second kappa shape index (κ2) is 7.96. The molecule has 5 nitrogen and oxygen atoms in total. The van der Waals surface area contributed by atoms with Crippen LogP contribution in [-0.2, 0) is 11.3 Å². The lowest BCUT2D eigenvalue weighted by molar-refractivity contribution is -0.126. The summed E-state index contributed by atoms with van der Waals surface area (Å²) in [6.45, 7) is 4.18. The molecule has 3 N–H and O–H groups in total. The number of nitrogens with zero attached hydrogens (tertiary/aromatic N) is 1. The minimum Gasteiger partial charge on any atom is -0.481 e. The van der Waals surface area contributed by atoms with Gasteiger partial charge in [0.2, 0.25) is 11.8 Å². The molecule has 0 fully saturated rings. The van der Waals surface area contributed by atoms with Crippen LogP contribution in [0.25, 0.3) is 0 Å². The van der Waals surface area contributed by atoms with Crippen LogP contribution in [0.15, 0.2) is 18.3 Å². The maximum atomic E-state index is 11.9. The molecule has 1 heterocycles. The van der Waals surface area contributed by atoms with E-state index in [1.807, 2.05) is 13.0 Å². The van der Waals surface area contributed by atoms with Gasteiger partial charge in [0.25, 0.3) is 0 Å². The first-order valence-corrected chi connectivity index (χ1v) is 6.05. The van der Waals surface area contributed by atoms with Gasteiger partial charge in [-0.2, -0.15) is 0 Å². The van der Waals surface area contributed by atoms with Gasteiger partial charge in [0.15, 0.2) is 0 Å². The molecule has 1 rings (SSSR count). The molecular formula is C13H22ClN3O2. The number of carbonyl (C=O) groups is 1. The van der Waals surface area contributed by atoms with Crippen LogP contribution in [0, 0.1) is 0 Å². The fraction of sp³-hybridized carbons (Fsp3) is 0.538. The summed E-state index contributed by atoms with van der Waals surface area (Å²) in [7, 11) is 1.56. The fourth-order valence-corrected chi connectivity index (χ4v) is 1.65. The van der Waals surface area contributed by atoms with Gasteiger partial charge in [-0.1, -0.05) is 19.4 Å². The number of halogens is 1. The van der Waals surface area contributed by atoms with Crippen molar-refractivity contribution in [1.29, 1.82) is 0 Å². The van der Waals surface area contributed by atoms with E-state index in [0.29, 0.717) is 18.8 Å². The smallest absolute Gasteiger partial charge is 0.240 e. The summed E-state index contributed by atoms with van der Waals surface area (Å²) >= 11 is 0. The van der Waals surface area contributed by atoms with Gasteiger partial charge in [-0.3, -0.25) is 4.79 Å². The monoisotopic (exact) mass is 287 g/mol. The molecule has 0 saturated heterocycles. The van der Waals surface area contributed by atoms with Gasteiger partial charge >= 0.3 is 0 Å². The Kier molecular flexibility index (Phi) is 7.41. The van der Waals surface area contributed by atoms with E-state index in [0.717, 1.165) is 12.0 Å². The van der Waals surface area contributed by atoms with Crippen molar-refractivity contribution in [2.45, 2.75) is 38.8 Å². The van der Waals surface area contributed by atoms with Crippen molar-refractivity contribution in [3.05, 3.63) is 23.9 Å². The Morgan fingerprint density at radius 3 is 2.68 bits per heavy atom. The third kappa shape index (κ3) is 5.44.